The second kappa shape index (κ2) is 11.3. The number of halogens is 2. The average molecular weight is 530 g/mol. The number of benzene rings is 1. The van der Waals surface area contributed by atoms with Crippen LogP contribution in [0.25, 0.3) is 0 Å². The van der Waals surface area contributed by atoms with Crippen LogP contribution in [0.1, 0.15) is 26.7 Å². The van der Waals surface area contributed by atoms with E-state index in [1.54, 1.807) is 0 Å². The summed E-state index contributed by atoms with van der Waals surface area (Å²) in [6.45, 7) is 6.14. The van der Waals surface area contributed by atoms with E-state index in [1.165, 1.54) is 5.69 Å². The van der Waals surface area contributed by atoms with Crippen molar-refractivity contribution in [3.8, 4) is 5.75 Å². The quantitative estimate of drug-likeness (QED) is 0.374. The van der Waals surface area contributed by atoms with Crippen molar-refractivity contribution in [2.75, 3.05) is 26.8 Å². The Hall–Kier alpha value is -0.250. The van der Waals surface area contributed by atoms with Gasteiger partial charge in [-0.05, 0) is 37.6 Å². The van der Waals surface area contributed by atoms with Crippen LogP contribution in [0.3, 0.4) is 0 Å². The highest BCUT2D eigenvalue weighted by Crippen LogP contribution is 2.20. The number of nitrogens with zero attached hydrogens (tertiary/aromatic N) is 1. The third kappa shape index (κ3) is 7.34. The summed E-state index contributed by atoms with van der Waals surface area (Å²) in [5, 5.41) is 2.83. The second-order valence-corrected chi connectivity index (χ2v) is 7.24. The second-order valence-electron chi connectivity index (χ2n) is 5.08. The molecule has 0 saturated heterocycles. The van der Waals surface area contributed by atoms with Gasteiger partial charge in [0.1, 0.15) is 5.75 Å². The molecule has 1 amide bonds. The predicted octanol–water partition coefficient (Wildman–Crippen LogP) is 4.64. The summed E-state index contributed by atoms with van der Waals surface area (Å²) in [7, 11) is 0. The Balaban J connectivity index is 2.58. The van der Waals surface area contributed by atoms with Crippen molar-refractivity contribution in [1.82, 2.24) is 5.32 Å². The van der Waals surface area contributed by atoms with Crippen molar-refractivity contribution >= 4 is 57.0 Å². The lowest BCUT2D eigenvalue weighted by Gasteiger charge is -2.23. The zero-order valence-electron chi connectivity index (χ0n) is 13.1. The molecular weight excluding hydrogens is 506 g/mol. The largest absolute Gasteiger partial charge is 0.412 e. The summed E-state index contributed by atoms with van der Waals surface area (Å²) >= 11 is 4.78. The van der Waals surface area contributed by atoms with Gasteiger partial charge in [-0.1, -0.05) is 58.5 Å². The number of carbonyl (C=O) groups is 1. The molecule has 1 aromatic rings. The number of alkyl halides is 2. The van der Waals surface area contributed by atoms with Crippen LogP contribution in [-0.2, 0) is 0 Å². The van der Waals surface area contributed by atoms with Crippen molar-refractivity contribution in [1.29, 1.82) is 0 Å². The van der Waals surface area contributed by atoms with E-state index in [4.69, 9.17) is 4.74 Å². The van der Waals surface area contributed by atoms with E-state index in [0.29, 0.717) is 5.75 Å². The zero-order chi connectivity index (χ0) is 16.4. The molecule has 6 heteroatoms. The maximum absolute atomic E-state index is 11.8. The normalized spacial score (nSPS) is 11.8. The van der Waals surface area contributed by atoms with Gasteiger partial charge in [-0.2, -0.15) is 0 Å². The van der Waals surface area contributed by atoms with Gasteiger partial charge in [-0.15, -0.1) is 0 Å². The fraction of sp³-hybridized carbons (Fsp3) is 0.562. The van der Waals surface area contributed by atoms with Crippen molar-refractivity contribution in [3.05, 3.63) is 24.3 Å². The lowest BCUT2D eigenvalue weighted by Crippen LogP contribution is -2.34. The summed E-state index contributed by atoms with van der Waals surface area (Å²) in [5.41, 5.74) is 1.17. The van der Waals surface area contributed by atoms with Crippen LogP contribution in [0.4, 0.5) is 10.5 Å². The first-order chi connectivity index (χ1) is 10.6. The van der Waals surface area contributed by atoms with Gasteiger partial charge in [0.05, 0.1) is 0 Å². The van der Waals surface area contributed by atoms with E-state index in [0.717, 1.165) is 34.8 Å². The summed E-state index contributed by atoms with van der Waals surface area (Å²) in [5.74, 6) is 0.578. The Kier molecular flexibility index (Phi) is 10.2. The molecule has 0 fully saturated rings. The molecule has 0 aliphatic carbocycles. The van der Waals surface area contributed by atoms with Crippen molar-refractivity contribution in [3.63, 3.8) is 0 Å². The SMILES string of the molecule is CCCC(C)NC(=O)Oc1ccc(N(CCI)CCI)cc1. The van der Waals surface area contributed by atoms with Crippen molar-refractivity contribution in [2.24, 2.45) is 0 Å². The Bertz CT molecular complexity index is 434. The molecule has 0 aromatic heterocycles. The van der Waals surface area contributed by atoms with Gasteiger partial charge in [0.15, 0.2) is 0 Å². The monoisotopic (exact) mass is 530 g/mol. The first-order valence-electron chi connectivity index (χ1n) is 7.56. The van der Waals surface area contributed by atoms with Crippen LogP contribution < -0.4 is 15.0 Å². The molecule has 0 heterocycles. The Labute approximate surface area is 160 Å². The molecule has 4 nitrogen and oxygen atoms in total. The molecular formula is C16H24I2N2O2. The fourth-order valence-corrected chi connectivity index (χ4v) is 3.31. The molecule has 1 aromatic carbocycles. The van der Waals surface area contributed by atoms with Gasteiger partial charge in [-0.3, -0.25) is 0 Å². The minimum Gasteiger partial charge on any atom is -0.410 e. The number of amides is 1. The number of hydrogen-bond donors (Lipinski definition) is 1. The number of anilines is 1. The zero-order valence-corrected chi connectivity index (χ0v) is 17.5. The molecule has 0 aliphatic heterocycles. The first-order valence-corrected chi connectivity index (χ1v) is 10.6. The summed E-state index contributed by atoms with van der Waals surface area (Å²) < 4.78 is 7.49. The number of nitrogens with one attached hydrogen (secondary N) is 1. The number of ether oxygens (including phenoxy) is 1. The smallest absolute Gasteiger partial charge is 0.410 e. The average Bonchev–Trinajstić information content (AvgIpc) is 2.48. The number of rotatable bonds is 9. The van der Waals surface area contributed by atoms with Crippen LogP contribution in [0, 0.1) is 0 Å². The molecule has 0 spiro atoms. The van der Waals surface area contributed by atoms with E-state index in [9.17, 15) is 4.79 Å². The van der Waals surface area contributed by atoms with Crippen molar-refractivity contribution < 1.29 is 9.53 Å². The van der Waals surface area contributed by atoms with Crippen LogP contribution in [0.5, 0.6) is 5.75 Å². The Morgan fingerprint density at radius 3 is 2.32 bits per heavy atom. The minimum atomic E-state index is -0.384. The Morgan fingerprint density at radius 2 is 1.82 bits per heavy atom. The van der Waals surface area contributed by atoms with Gasteiger partial charge in [-0.25, -0.2) is 4.79 Å². The van der Waals surface area contributed by atoms with Gasteiger partial charge in [0, 0.05) is 33.7 Å². The van der Waals surface area contributed by atoms with E-state index in [2.05, 4.69) is 62.3 Å². The lowest BCUT2D eigenvalue weighted by atomic mass is 10.2. The molecule has 22 heavy (non-hydrogen) atoms. The number of hydrogen-bond acceptors (Lipinski definition) is 3. The van der Waals surface area contributed by atoms with E-state index < -0.39 is 0 Å². The number of carbonyl (C=O) groups excluding carboxylic acids is 1. The maximum Gasteiger partial charge on any atom is 0.412 e. The highest BCUT2D eigenvalue weighted by molar-refractivity contribution is 14.1. The summed E-state index contributed by atoms with van der Waals surface area (Å²) in [6, 6.07) is 7.87. The molecule has 1 unspecified atom stereocenters. The van der Waals surface area contributed by atoms with Gasteiger partial charge >= 0.3 is 6.09 Å². The maximum atomic E-state index is 11.8. The molecule has 0 radical (unpaired) electrons. The highest BCUT2D eigenvalue weighted by Gasteiger charge is 2.09. The van der Waals surface area contributed by atoms with Crippen molar-refractivity contribution in [2.45, 2.75) is 32.7 Å². The molecule has 124 valence electrons. The van der Waals surface area contributed by atoms with Gasteiger partial charge < -0.3 is 15.0 Å². The summed E-state index contributed by atoms with van der Waals surface area (Å²) in [4.78, 5) is 14.1. The molecule has 1 N–H and O–H groups in total. The molecule has 0 saturated carbocycles. The van der Waals surface area contributed by atoms with Crippen LogP contribution in [0.2, 0.25) is 0 Å². The van der Waals surface area contributed by atoms with E-state index >= 15 is 0 Å². The first kappa shape index (κ1) is 19.8. The highest BCUT2D eigenvalue weighted by atomic mass is 127. The minimum absolute atomic E-state index is 0.138. The van der Waals surface area contributed by atoms with Crippen LogP contribution in [0.15, 0.2) is 24.3 Å². The molecule has 1 rings (SSSR count). The van der Waals surface area contributed by atoms with Crippen LogP contribution >= 0.6 is 45.2 Å². The lowest BCUT2D eigenvalue weighted by molar-refractivity contribution is 0.196. The molecule has 0 aliphatic rings. The third-order valence-corrected chi connectivity index (χ3v) is 4.17. The predicted molar refractivity (Wildman–Crippen MR) is 110 cm³/mol. The topological polar surface area (TPSA) is 41.6 Å². The standard InChI is InChI=1S/C16H24I2N2O2/c1-3-4-13(2)19-16(21)22-15-7-5-14(6-8-15)20(11-9-17)12-10-18/h5-8,13H,3-4,9-12H2,1-2H3,(H,19,21). The molecule has 0 bridgehead atoms. The van der Waals surface area contributed by atoms with E-state index in [1.807, 2.05) is 31.2 Å². The third-order valence-electron chi connectivity index (χ3n) is 3.21. The summed E-state index contributed by atoms with van der Waals surface area (Å²) in [6.07, 6.45) is 1.61. The fourth-order valence-electron chi connectivity index (χ4n) is 2.14. The molecule has 1 atom stereocenters. The van der Waals surface area contributed by atoms with E-state index in [-0.39, 0.29) is 12.1 Å². The van der Waals surface area contributed by atoms with Crippen LogP contribution in [-0.4, -0.2) is 34.1 Å². The Morgan fingerprint density at radius 1 is 1.23 bits per heavy atom. The van der Waals surface area contributed by atoms with Gasteiger partial charge in [0.25, 0.3) is 0 Å². The van der Waals surface area contributed by atoms with Gasteiger partial charge in [0.2, 0.25) is 0 Å².